The summed E-state index contributed by atoms with van der Waals surface area (Å²) in [4.78, 5) is 11.1. The van der Waals surface area contributed by atoms with Crippen molar-refractivity contribution in [2.24, 2.45) is 5.73 Å². The predicted octanol–water partition coefficient (Wildman–Crippen LogP) is -3.30. The van der Waals surface area contributed by atoms with Gasteiger partial charge in [0.2, 0.25) is 5.79 Å². The first-order chi connectivity index (χ1) is 6.84. The van der Waals surface area contributed by atoms with Gasteiger partial charge < -0.3 is 30.9 Å². The summed E-state index contributed by atoms with van der Waals surface area (Å²) in [6.45, 7) is 0.402. The highest BCUT2D eigenvalue weighted by Crippen LogP contribution is 2.27. The first kappa shape index (κ1) is 12.5. The van der Waals surface area contributed by atoms with Crippen molar-refractivity contribution < 1.29 is 30.0 Å². The van der Waals surface area contributed by atoms with E-state index in [1.165, 1.54) is 0 Å². The highest BCUT2D eigenvalue weighted by molar-refractivity contribution is 5.84. The predicted molar refractivity (Wildman–Crippen MR) is 47.6 cm³/mol. The van der Waals surface area contributed by atoms with Crippen molar-refractivity contribution in [2.75, 3.05) is 6.61 Å². The van der Waals surface area contributed by atoms with Gasteiger partial charge in [-0.3, -0.25) is 4.79 Å². The van der Waals surface area contributed by atoms with E-state index >= 15 is 0 Å². The molecule has 5 atom stereocenters. The highest BCUT2D eigenvalue weighted by Gasteiger charge is 2.54. The number of carbonyl (C=O) groups excluding carboxylic acids is 1. The summed E-state index contributed by atoms with van der Waals surface area (Å²) >= 11 is 0. The molecule has 88 valence electrons. The van der Waals surface area contributed by atoms with Gasteiger partial charge in [0, 0.05) is 6.92 Å². The molecular formula is C8H15NO6. The number of hydrogen-bond donors (Lipinski definition) is 5. The molecule has 0 aliphatic carbocycles. The van der Waals surface area contributed by atoms with Crippen molar-refractivity contribution >= 4 is 5.78 Å². The molecule has 0 aromatic heterocycles. The second-order valence-corrected chi connectivity index (χ2v) is 3.60. The van der Waals surface area contributed by atoms with Gasteiger partial charge in [0.05, 0.1) is 12.6 Å². The number of Topliss-reactive ketones (excluding diaryl/α,β-unsaturated/α-hetero) is 1. The van der Waals surface area contributed by atoms with Gasteiger partial charge in [0.1, 0.15) is 18.3 Å². The summed E-state index contributed by atoms with van der Waals surface area (Å²) < 4.78 is 4.80. The lowest BCUT2D eigenvalue weighted by molar-refractivity contribution is -0.296. The van der Waals surface area contributed by atoms with Crippen LogP contribution in [0.25, 0.3) is 0 Å². The maximum absolute atomic E-state index is 11.1. The van der Waals surface area contributed by atoms with E-state index in [-0.39, 0.29) is 0 Å². The van der Waals surface area contributed by atoms with Crippen molar-refractivity contribution in [1.82, 2.24) is 0 Å². The molecule has 0 aromatic carbocycles. The van der Waals surface area contributed by atoms with Crippen LogP contribution < -0.4 is 5.73 Å². The van der Waals surface area contributed by atoms with E-state index < -0.39 is 42.5 Å². The van der Waals surface area contributed by atoms with Crippen LogP contribution >= 0.6 is 0 Å². The third kappa shape index (κ3) is 1.89. The van der Waals surface area contributed by atoms with E-state index in [4.69, 9.17) is 15.6 Å². The maximum Gasteiger partial charge on any atom is 0.244 e. The molecule has 0 bridgehead atoms. The van der Waals surface area contributed by atoms with E-state index in [1.54, 1.807) is 0 Å². The van der Waals surface area contributed by atoms with Crippen molar-refractivity contribution in [1.29, 1.82) is 0 Å². The van der Waals surface area contributed by atoms with E-state index in [9.17, 15) is 20.1 Å². The molecule has 15 heavy (non-hydrogen) atoms. The standard InChI is InChI=1S/C8H15NO6/c1-3(11)8(14)7(9)6(13)5(12)4(2-10)15-8/h4-7,10,12-14H,2,9H2,1H3/t4-,5+,6+,7-,8-/m1/s1. The summed E-state index contributed by atoms with van der Waals surface area (Å²) in [5.41, 5.74) is 5.38. The van der Waals surface area contributed by atoms with Crippen LogP contribution in [0.15, 0.2) is 0 Å². The van der Waals surface area contributed by atoms with Crippen LogP contribution in [-0.4, -0.2) is 63.0 Å². The van der Waals surface area contributed by atoms with Crippen LogP contribution in [0.2, 0.25) is 0 Å². The van der Waals surface area contributed by atoms with Crippen LogP contribution in [0.5, 0.6) is 0 Å². The average molecular weight is 221 g/mol. The van der Waals surface area contributed by atoms with E-state index in [0.717, 1.165) is 6.92 Å². The smallest absolute Gasteiger partial charge is 0.244 e. The fraction of sp³-hybridized carbons (Fsp3) is 0.875. The number of nitrogens with two attached hydrogens (primary N) is 1. The number of ketones is 1. The topological polar surface area (TPSA) is 133 Å². The summed E-state index contributed by atoms with van der Waals surface area (Å²) in [7, 11) is 0. The molecule has 1 aliphatic heterocycles. The Kier molecular flexibility index (Phi) is 3.44. The Balaban J connectivity index is 2.97. The number of carbonyl (C=O) groups is 1. The molecule has 1 fully saturated rings. The van der Waals surface area contributed by atoms with Gasteiger partial charge in [-0.05, 0) is 0 Å². The fourth-order valence-corrected chi connectivity index (χ4v) is 1.51. The fourth-order valence-electron chi connectivity index (χ4n) is 1.51. The van der Waals surface area contributed by atoms with E-state index in [0.29, 0.717) is 0 Å². The van der Waals surface area contributed by atoms with Gasteiger partial charge in [0.15, 0.2) is 5.78 Å². The molecule has 0 amide bonds. The number of ether oxygens (including phenoxy) is 1. The lowest BCUT2D eigenvalue weighted by Gasteiger charge is -2.44. The largest absolute Gasteiger partial charge is 0.394 e. The summed E-state index contributed by atoms with van der Waals surface area (Å²) in [6.07, 6.45) is -4.22. The molecule has 0 aromatic rings. The molecule has 7 nitrogen and oxygen atoms in total. The van der Waals surface area contributed by atoms with Crippen molar-refractivity contribution in [3.63, 3.8) is 0 Å². The van der Waals surface area contributed by atoms with Gasteiger partial charge in [-0.2, -0.15) is 0 Å². The molecular weight excluding hydrogens is 206 g/mol. The molecule has 1 rings (SSSR count). The van der Waals surface area contributed by atoms with Crippen molar-refractivity contribution in [3.05, 3.63) is 0 Å². The number of aliphatic hydroxyl groups excluding tert-OH is 3. The molecule has 1 aliphatic rings. The van der Waals surface area contributed by atoms with Gasteiger partial charge in [-0.15, -0.1) is 0 Å². The van der Waals surface area contributed by atoms with Gasteiger partial charge in [0.25, 0.3) is 0 Å². The number of aliphatic hydroxyl groups is 4. The van der Waals surface area contributed by atoms with Crippen molar-refractivity contribution in [3.8, 4) is 0 Å². The zero-order valence-electron chi connectivity index (χ0n) is 8.20. The van der Waals surface area contributed by atoms with Gasteiger partial charge >= 0.3 is 0 Å². The minimum atomic E-state index is -2.37. The second kappa shape index (κ2) is 4.12. The Labute approximate surface area is 86.1 Å². The maximum atomic E-state index is 11.1. The second-order valence-electron chi connectivity index (χ2n) is 3.60. The minimum Gasteiger partial charge on any atom is -0.394 e. The van der Waals surface area contributed by atoms with Crippen LogP contribution in [0.1, 0.15) is 6.92 Å². The summed E-state index contributed by atoms with van der Waals surface area (Å²) in [6, 6.07) is -1.45. The van der Waals surface area contributed by atoms with Crippen LogP contribution in [0.3, 0.4) is 0 Å². The molecule has 0 saturated carbocycles. The monoisotopic (exact) mass is 221 g/mol. The van der Waals surface area contributed by atoms with E-state index in [1.807, 2.05) is 0 Å². The zero-order chi connectivity index (χ0) is 11.8. The van der Waals surface area contributed by atoms with Gasteiger partial charge in [-0.1, -0.05) is 0 Å². The number of rotatable bonds is 2. The molecule has 6 N–H and O–H groups in total. The Hall–Kier alpha value is -0.570. The first-order valence-corrected chi connectivity index (χ1v) is 4.48. The Morgan fingerprint density at radius 1 is 1.47 bits per heavy atom. The number of hydrogen-bond acceptors (Lipinski definition) is 7. The van der Waals surface area contributed by atoms with Crippen LogP contribution in [0.4, 0.5) is 0 Å². The Morgan fingerprint density at radius 3 is 2.40 bits per heavy atom. The molecule has 0 spiro atoms. The average Bonchev–Trinajstić information content (AvgIpc) is 2.20. The molecule has 1 saturated heterocycles. The Morgan fingerprint density at radius 2 is 2.00 bits per heavy atom. The normalized spacial score (nSPS) is 46.5. The first-order valence-electron chi connectivity index (χ1n) is 4.48. The van der Waals surface area contributed by atoms with Crippen LogP contribution in [0, 0.1) is 0 Å². The van der Waals surface area contributed by atoms with Crippen molar-refractivity contribution in [2.45, 2.75) is 37.1 Å². The quantitative estimate of drug-likeness (QED) is 0.330. The third-order valence-electron chi connectivity index (χ3n) is 2.57. The summed E-state index contributed by atoms with van der Waals surface area (Å²) in [5, 5.41) is 37.4. The highest BCUT2D eigenvalue weighted by atomic mass is 16.7. The minimum absolute atomic E-state index is 0.638. The van der Waals surface area contributed by atoms with Crippen LogP contribution in [-0.2, 0) is 9.53 Å². The van der Waals surface area contributed by atoms with E-state index in [2.05, 4.69) is 0 Å². The Bertz CT molecular complexity index is 258. The lowest BCUT2D eigenvalue weighted by Crippen LogP contribution is -2.70. The SMILES string of the molecule is CC(=O)[C@@]1(O)O[C@H](CO)[C@H](O)[C@H](O)[C@H]1N. The zero-order valence-corrected chi connectivity index (χ0v) is 8.20. The molecule has 1 heterocycles. The molecule has 7 heteroatoms. The molecule has 0 radical (unpaired) electrons. The third-order valence-corrected chi connectivity index (χ3v) is 2.57. The van der Waals surface area contributed by atoms with Gasteiger partial charge in [-0.25, -0.2) is 0 Å². The summed E-state index contributed by atoms with van der Waals surface area (Å²) in [5.74, 6) is -3.16. The lowest BCUT2D eigenvalue weighted by atomic mass is 9.89. The molecule has 0 unspecified atom stereocenters.